The van der Waals surface area contributed by atoms with Gasteiger partial charge in [-0.05, 0) is 33.9 Å². The Bertz CT molecular complexity index is 518. The highest BCUT2D eigenvalue weighted by Gasteiger charge is 2.26. The van der Waals surface area contributed by atoms with Crippen LogP contribution in [0.4, 0.5) is 0 Å². The number of ether oxygens (including phenoxy) is 1. The topological polar surface area (TPSA) is 78.8 Å². The quantitative estimate of drug-likeness (QED) is 0.440. The van der Waals surface area contributed by atoms with Gasteiger partial charge in [0.25, 0.3) is 0 Å². The van der Waals surface area contributed by atoms with Crippen LogP contribution >= 0.6 is 0 Å². The van der Waals surface area contributed by atoms with E-state index in [9.17, 15) is 9.90 Å². The zero-order valence-corrected chi connectivity index (χ0v) is 15.0. The van der Waals surface area contributed by atoms with Gasteiger partial charge >= 0.3 is 5.97 Å². The van der Waals surface area contributed by atoms with Gasteiger partial charge in [-0.3, -0.25) is 4.79 Å². The maximum atomic E-state index is 11.6. The second-order valence-electron chi connectivity index (χ2n) is 7.86. The highest BCUT2D eigenvalue weighted by molar-refractivity contribution is 5.69. The average Bonchev–Trinajstić information content (AvgIpc) is 2.41. The van der Waals surface area contributed by atoms with Crippen molar-refractivity contribution in [2.45, 2.75) is 65.2 Å². The second-order valence-corrected chi connectivity index (χ2v) is 7.86. The fraction of sp³-hybridized carbons (Fsp3) is 0.611. The molecule has 0 saturated carbocycles. The van der Waals surface area contributed by atoms with Gasteiger partial charge in [0.2, 0.25) is 0 Å². The molecule has 0 aliphatic carbocycles. The molecule has 0 aromatic heterocycles. The van der Waals surface area contributed by atoms with Crippen LogP contribution in [-0.4, -0.2) is 23.0 Å². The van der Waals surface area contributed by atoms with Crippen molar-refractivity contribution in [1.82, 2.24) is 5.48 Å². The minimum absolute atomic E-state index is 0.193. The van der Waals surface area contributed by atoms with Crippen molar-refractivity contribution < 1.29 is 19.8 Å². The van der Waals surface area contributed by atoms with Crippen molar-refractivity contribution in [3.63, 3.8) is 0 Å². The molecule has 0 aliphatic heterocycles. The number of hydrogen-bond acceptors (Lipinski definition) is 5. The number of esters is 1. The highest BCUT2D eigenvalue weighted by atomic mass is 16.6. The van der Waals surface area contributed by atoms with E-state index in [4.69, 9.17) is 9.94 Å². The lowest BCUT2D eigenvalue weighted by Gasteiger charge is -2.28. The number of rotatable bonds is 5. The van der Waals surface area contributed by atoms with E-state index in [0.29, 0.717) is 12.2 Å². The Hall–Kier alpha value is -1.59. The molecule has 0 saturated heterocycles. The predicted octanol–water partition coefficient (Wildman–Crippen LogP) is 3.40. The number of phenolic OH excluding ortho intramolecular Hbond substituents is 1. The minimum atomic E-state index is -0.380. The number of carbonyl (C=O) groups is 1. The standard InChI is InChI=1S/C18H29NO4/c1-17(2,3)13-9-12(7-8-15(20)23-11-19-22)10-14(16(13)21)18(4,5)6/h9-10,19,21-22H,7-8,11H2,1-6H3. The molecule has 5 nitrogen and oxygen atoms in total. The van der Waals surface area contributed by atoms with Crippen molar-refractivity contribution in [3.05, 3.63) is 28.8 Å². The first-order chi connectivity index (χ1) is 10.5. The van der Waals surface area contributed by atoms with Crippen LogP contribution in [0.25, 0.3) is 0 Å². The average molecular weight is 323 g/mol. The third-order valence-electron chi connectivity index (χ3n) is 3.70. The SMILES string of the molecule is CC(C)(C)c1cc(CCC(=O)OCNO)cc(C(C)(C)C)c1O. The molecule has 0 radical (unpaired) electrons. The molecule has 0 aliphatic rings. The molecule has 0 heterocycles. The number of benzene rings is 1. The predicted molar refractivity (Wildman–Crippen MR) is 89.7 cm³/mol. The molecule has 5 heteroatoms. The molecule has 1 aromatic rings. The summed E-state index contributed by atoms with van der Waals surface area (Å²) in [6, 6.07) is 3.92. The fourth-order valence-electron chi connectivity index (χ4n) is 2.41. The summed E-state index contributed by atoms with van der Waals surface area (Å²) in [5, 5.41) is 19.1. The summed E-state index contributed by atoms with van der Waals surface area (Å²) in [5.74, 6) is -0.0463. The number of hydrogen-bond donors (Lipinski definition) is 3. The Morgan fingerprint density at radius 1 is 1.09 bits per heavy atom. The molecular formula is C18H29NO4. The molecule has 3 N–H and O–H groups in total. The van der Waals surface area contributed by atoms with Crippen LogP contribution in [0.5, 0.6) is 5.75 Å². The van der Waals surface area contributed by atoms with Crippen molar-refractivity contribution in [2.75, 3.05) is 6.73 Å². The Morgan fingerprint density at radius 3 is 1.96 bits per heavy atom. The minimum Gasteiger partial charge on any atom is -0.507 e. The molecule has 0 unspecified atom stereocenters. The Morgan fingerprint density at radius 2 is 1.57 bits per heavy atom. The van der Waals surface area contributed by atoms with Gasteiger partial charge in [-0.25, -0.2) is 0 Å². The van der Waals surface area contributed by atoms with Crippen LogP contribution in [0.2, 0.25) is 0 Å². The van der Waals surface area contributed by atoms with Crippen LogP contribution in [0, 0.1) is 0 Å². The molecule has 0 spiro atoms. The first kappa shape index (κ1) is 19.5. The third kappa shape index (κ3) is 5.52. The van der Waals surface area contributed by atoms with Gasteiger partial charge in [-0.2, -0.15) is 5.48 Å². The zero-order valence-electron chi connectivity index (χ0n) is 15.0. The van der Waals surface area contributed by atoms with Crippen LogP contribution < -0.4 is 5.48 Å². The Labute approximate surface area is 138 Å². The molecule has 0 bridgehead atoms. The van der Waals surface area contributed by atoms with Gasteiger partial charge in [-0.1, -0.05) is 53.7 Å². The van der Waals surface area contributed by atoms with Gasteiger partial charge in [-0.15, -0.1) is 0 Å². The zero-order chi connectivity index (χ0) is 17.8. The van der Waals surface area contributed by atoms with Crippen molar-refractivity contribution in [3.8, 4) is 5.75 Å². The fourth-order valence-corrected chi connectivity index (χ4v) is 2.41. The normalized spacial score (nSPS) is 12.3. The van der Waals surface area contributed by atoms with Crippen LogP contribution in [0.1, 0.15) is 64.7 Å². The molecule has 130 valence electrons. The number of hydroxylamine groups is 1. The number of nitrogens with one attached hydrogen (secondary N) is 1. The van der Waals surface area contributed by atoms with E-state index < -0.39 is 0 Å². The van der Waals surface area contributed by atoms with E-state index in [0.717, 1.165) is 16.7 Å². The van der Waals surface area contributed by atoms with Gasteiger partial charge in [0.1, 0.15) is 5.75 Å². The van der Waals surface area contributed by atoms with E-state index in [1.807, 2.05) is 12.1 Å². The summed E-state index contributed by atoms with van der Waals surface area (Å²) in [6.07, 6.45) is 0.746. The first-order valence-corrected chi connectivity index (χ1v) is 7.86. The molecule has 0 fully saturated rings. The largest absolute Gasteiger partial charge is 0.507 e. The second kappa shape index (κ2) is 7.32. The van der Waals surface area contributed by atoms with Crippen molar-refractivity contribution in [2.24, 2.45) is 0 Å². The maximum Gasteiger partial charge on any atom is 0.307 e. The van der Waals surface area contributed by atoms with E-state index in [2.05, 4.69) is 41.5 Å². The van der Waals surface area contributed by atoms with E-state index >= 15 is 0 Å². The smallest absolute Gasteiger partial charge is 0.307 e. The summed E-state index contributed by atoms with van der Waals surface area (Å²) >= 11 is 0. The molecule has 1 rings (SSSR count). The van der Waals surface area contributed by atoms with Crippen LogP contribution in [0.3, 0.4) is 0 Å². The highest BCUT2D eigenvalue weighted by Crippen LogP contribution is 2.39. The maximum absolute atomic E-state index is 11.6. The van der Waals surface area contributed by atoms with Crippen molar-refractivity contribution >= 4 is 5.97 Å². The molecule has 23 heavy (non-hydrogen) atoms. The monoisotopic (exact) mass is 323 g/mol. The number of aryl methyl sites for hydroxylation is 1. The number of phenols is 1. The molecule has 1 aromatic carbocycles. The Balaban J connectivity index is 3.11. The van der Waals surface area contributed by atoms with Crippen LogP contribution in [0.15, 0.2) is 12.1 Å². The van der Waals surface area contributed by atoms with E-state index in [1.165, 1.54) is 0 Å². The molecule has 0 amide bonds. The molecule has 0 atom stereocenters. The lowest BCUT2D eigenvalue weighted by atomic mass is 9.78. The number of aromatic hydroxyl groups is 1. The van der Waals surface area contributed by atoms with Gasteiger partial charge in [0.15, 0.2) is 6.73 Å². The van der Waals surface area contributed by atoms with Gasteiger partial charge in [0.05, 0.1) is 0 Å². The summed E-state index contributed by atoms with van der Waals surface area (Å²) in [5.41, 5.74) is 4.15. The lowest BCUT2D eigenvalue weighted by molar-refractivity contribution is -0.147. The summed E-state index contributed by atoms with van der Waals surface area (Å²) in [4.78, 5) is 11.6. The number of carbonyl (C=O) groups excluding carboxylic acids is 1. The van der Waals surface area contributed by atoms with Crippen molar-refractivity contribution in [1.29, 1.82) is 0 Å². The van der Waals surface area contributed by atoms with E-state index in [1.54, 1.807) is 5.48 Å². The van der Waals surface area contributed by atoms with Gasteiger partial charge < -0.3 is 15.1 Å². The first-order valence-electron chi connectivity index (χ1n) is 7.86. The van der Waals surface area contributed by atoms with Crippen LogP contribution in [-0.2, 0) is 26.8 Å². The van der Waals surface area contributed by atoms with E-state index in [-0.39, 0.29) is 30.0 Å². The molecular weight excluding hydrogens is 294 g/mol. The third-order valence-corrected chi connectivity index (χ3v) is 3.70. The summed E-state index contributed by atoms with van der Waals surface area (Å²) in [6.45, 7) is 12.1. The summed E-state index contributed by atoms with van der Waals surface area (Å²) < 4.78 is 4.78. The lowest BCUT2D eigenvalue weighted by Crippen LogP contribution is -2.19. The summed E-state index contributed by atoms with van der Waals surface area (Å²) in [7, 11) is 0. The van der Waals surface area contributed by atoms with Gasteiger partial charge in [0, 0.05) is 6.42 Å². The Kier molecular flexibility index (Phi) is 6.19.